The van der Waals surface area contributed by atoms with Crippen LogP contribution in [0.5, 0.6) is 0 Å². The third-order valence-electron chi connectivity index (χ3n) is 11.1. The molecule has 7 N–H and O–H groups in total. The Morgan fingerprint density at radius 1 is 0.607 bits per heavy atom. The quantitative estimate of drug-likeness (QED) is 0.0239. The first-order valence-electron chi connectivity index (χ1n) is 23.2. The fraction of sp³-hybridized carbons (Fsp3) is 0.891. The molecular weight excluding hydrogens is 711 g/mol. The lowest BCUT2D eigenvalue weighted by Gasteiger charge is -2.40. The summed E-state index contributed by atoms with van der Waals surface area (Å²) in [7, 11) is 0. The maximum Gasteiger partial charge on any atom is 0.249 e. The summed E-state index contributed by atoms with van der Waals surface area (Å²) in [6.45, 7) is 3.60. The van der Waals surface area contributed by atoms with Crippen LogP contribution in [0.2, 0.25) is 0 Å². The van der Waals surface area contributed by atoms with Crippen molar-refractivity contribution in [3.63, 3.8) is 0 Å². The number of aliphatic hydroxyl groups is 6. The molecule has 56 heavy (non-hydrogen) atoms. The molecule has 1 amide bonds. The Morgan fingerprint density at radius 2 is 1.04 bits per heavy atom. The number of amides is 1. The summed E-state index contributed by atoms with van der Waals surface area (Å²) in [5.74, 6) is -0.621. The molecule has 1 fully saturated rings. The van der Waals surface area contributed by atoms with Gasteiger partial charge in [-0.05, 0) is 44.9 Å². The zero-order valence-electron chi connectivity index (χ0n) is 35.8. The van der Waals surface area contributed by atoms with Gasteiger partial charge in [0.25, 0.3) is 0 Å². The summed E-state index contributed by atoms with van der Waals surface area (Å²) < 4.78 is 11.1. The highest BCUT2D eigenvalue weighted by Crippen LogP contribution is 2.23. The third kappa shape index (κ3) is 26.6. The van der Waals surface area contributed by atoms with E-state index in [1.54, 1.807) is 6.08 Å². The van der Waals surface area contributed by atoms with Gasteiger partial charge in [0.05, 0.1) is 25.4 Å². The van der Waals surface area contributed by atoms with Crippen LogP contribution in [-0.4, -0.2) is 98.7 Å². The molecule has 8 atom stereocenters. The molecule has 0 aromatic rings. The molecular formula is C46H87NO9. The molecule has 330 valence electrons. The minimum Gasteiger partial charge on any atom is -0.394 e. The highest BCUT2D eigenvalue weighted by Gasteiger charge is 2.44. The molecule has 1 heterocycles. The Kier molecular flexibility index (Phi) is 34.5. The molecule has 1 rings (SSSR count). The average Bonchev–Trinajstić information content (AvgIpc) is 3.20. The van der Waals surface area contributed by atoms with Crippen LogP contribution < -0.4 is 5.32 Å². The number of carbonyl (C=O) groups is 1. The van der Waals surface area contributed by atoms with Gasteiger partial charge in [0.1, 0.15) is 30.5 Å². The first-order chi connectivity index (χ1) is 27.3. The van der Waals surface area contributed by atoms with Crippen molar-refractivity contribution < 1.29 is 44.9 Å². The summed E-state index contributed by atoms with van der Waals surface area (Å²) in [5.41, 5.74) is 0. The number of allylic oxidation sites excluding steroid dienone is 3. The van der Waals surface area contributed by atoms with Crippen molar-refractivity contribution in [1.82, 2.24) is 5.32 Å². The topological polar surface area (TPSA) is 169 Å². The van der Waals surface area contributed by atoms with Crippen LogP contribution in [-0.2, 0) is 14.3 Å². The summed E-state index contributed by atoms with van der Waals surface area (Å²) in [4.78, 5) is 13.0. The molecule has 0 radical (unpaired) electrons. The van der Waals surface area contributed by atoms with E-state index < -0.39 is 61.5 Å². The van der Waals surface area contributed by atoms with E-state index in [0.717, 1.165) is 44.9 Å². The minimum atomic E-state index is -1.61. The van der Waals surface area contributed by atoms with Gasteiger partial charge < -0.3 is 45.4 Å². The zero-order valence-corrected chi connectivity index (χ0v) is 35.8. The van der Waals surface area contributed by atoms with Gasteiger partial charge >= 0.3 is 0 Å². The van der Waals surface area contributed by atoms with Gasteiger partial charge in [0, 0.05) is 0 Å². The van der Waals surface area contributed by atoms with Crippen LogP contribution in [0.3, 0.4) is 0 Å². The van der Waals surface area contributed by atoms with Crippen LogP contribution in [0.15, 0.2) is 24.3 Å². The van der Waals surface area contributed by atoms with E-state index in [1.165, 1.54) is 128 Å². The summed E-state index contributed by atoms with van der Waals surface area (Å²) in [6, 6.07) is -0.979. The van der Waals surface area contributed by atoms with Gasteiger partial charge in [-0.15, -0.1) is 0 Å². The van der Waals surface area contributed by atoms with E-state index >= 15 is 0 Å². The van der Waals surface area contributed by atoms with E-state index in [0.29, 0.717) is 12.8 Å². The SMILES string of the molecule is CCCCCCCC/C=C\CCCCCCCCC(O)C(=O)NC(COC1OC(CO)C(O)C(O)C1O)C(O)/C=C/CCCCCCCCCCCCCCC. The number of carbonyl (C=O) groups excluding carboxylic acids is 1. The summed E-state index contributed by atoms with van der Waals surface area (Å²) >= 11 is 0. The maximum absolute atomic E-state index is 13.0. The monoisotopic (exact) mass is 798 g/mol. The first-order valence-corrected chi connectivity index (χ1v) is 23.2. The number of hydrogen-bond donors (Lipinski definition) is 7. The lowest BCUT2D eigenvalue weighted by atomic mass is 9.99. The van der Waals surface area contributed by atoms with Gasteiger partial charge in [-0.1, -0.05) is 179 Å². The highest BCUT2D eigenvalue weighted by atomic mass is 16.7. The standard InChI is InChI=1S/C46H87NO9/c1-3-5-7-9-11-13-15-17-19-21-23-25-27-29-31-33-35-40(50)45(54)47-38(37-55-46-44(53)43(52)42(51)41(36-48)56-46)39(49)34-32-30-28-26-24-22-20-18-16-14-12-10-8-6-4-2/h17,19,32,34,38-44,46,48-53H,3-16,18,20-31,33,35-37H2,1-2H3,(H,47,54)/b19-17-,34-32+. The number of unbranched alkanes of at least 4 members (excludes halogenated alkanes) is 25. The van der Waals surface area contributed by atoms with E-state index in [-0.39, 0.29) is 6.61 Å². The number of hydrogen-bond acceptors (Lipinski definition) is 9. The van der Waals surface area contributed by atoms with Crippen LogP contribution in [0.4, 0.5) is 0 Å². The fourth-order valence-electron chi connectivity index (χ4n) is 7.27. The molecule has 8 unspecified atom stereocenters. The van der Waals surface area contributed by atoms with Crippen molar-refractivity contribution >= 4 is 5.91 Å². The molecule has 0 aromatic heterocycles. The number of aliphatic hydroxyl groups excluding tert-OH is 6. The molecule has 0 aromatic carbocycles. The molecule has 10 nitrogen and oxygen atoms in total. The van der Waals surface area contributed by atoms with E-state index in [4.69, 9.17) is 9.47 Å². The first kappa shape index (κ1) is 52.6. The second-order valence-corrected chi connectivity index (χ2v) is 16.3. The van der Waals surface area contributed by atoms with Gasteiger partial charge in [0.2, 0.25) is 5.91 Å². The Balaban J connectivity index is 2.43. The largest absolute Gasteiger partial charge is 0.394 e. The van der Waals surface area contributed by atoms with Crippen molar-refractivity contribution in [1.29, 1.82) is 0 Å². The Labute approximate surface area is 341 Å². The van der Waals surface area contributed by atoms with Crippen LogP contribution in [0.25, 0.3) is 0 Å². The predicted octanol–water partition coefficient (Wildman–Crippen LogP) is 8.47. The molecule has 0 spiro atoms. The molecule has 1 saturated heterocycles. The van der Waals surface area contributed by atoms with Gasteiger partial charge in [-0.2, -0.15) is 0 Å². The average molecular weight is 798 g/mol. The van der Waals surface area contributed by atoms with Crippen LogP contribution >= 0.6 is 0 Å². The number of rotatable bonds is 38. The van der Waals surface area contributed by atoms with Crippen molar-refractivity contribution in [3.05, 3.63) is 24.3 Å². The third-order valence-corrected chi connectivity index (χ3v) is 11.1. The second kappa shape index (κ2) is 36.7. The van der Waals surface area contributed by atoms with Crippen molar-refractivity contribution in [3.8, 4) is 0 Å². The van der Waals surface area contributed by atoms with Crippen LogP contribution in [0.1, 0.15) is 200 Å². The Morgan fingerprint density at radius 3 is 1.50 bits per heavy atom. The molecule has 10 heteroatoms. The maximum atomic E-state index is 13.0. The fourth-order valence-corrected chi connectivity index (χ4v) is 7.27. The lowest BCUT2D eigenvalue weighted by Crippen LogP contribution is -2.60. The summed E-state index contributed by atoms with van der Waals surface area (Å²) in [6.07, 6.45) is 32.5. The zero-order chi connectivity index (χ0) is 41.1. The molecule has 0 bridgehead atoms. The Bertz CT molecular complexity index is 948. The summed E-state index contributed by atoms with van der Waals surface area (Å²) in [5, 5.41) is 64.6. The lowest BCUT2D eigenvalue weighted by molar-refractivity contribution is -0.302. The Hall–Kier alpha value is -1.37. The molecule has 1 aliphatic heterocycles. The predicted molar refractivity (Wildman–Crippen MR) is 227 cm³/mol. The van der Waals surface area contributed by atoms with E-state index in [1.807, 2.05) is 6.08 Å². The highest BCUT2D eigenvalue weighted by molar-refractivity contribution is 5.80. The minimum absolute atomic E-state index is 0.304. The number of ether oxygens (including phenoxy) is 2. The van der Waals surface area contributed by atoms with E-state index in [9.17, 15) is 35.4 Å². The van der Waals surface area contributed by atoms with Crippen LogP contribution in [0, 0.1) is 0 Å². The molecule has 1 aliphatic rings. The van der Waals surface area contributed by atoms with Gasteiger partial charge in [-0.3, -0.25) is 4.79 Å². The van der Waals surface area contributed by atoms with Crippen molar-refractivity contribution in [2.24, 2.45) is 0 Å². The molecule has 0 saturated carbocycles. The molecule has 0 aliphatic carbocycles. The normalized spacial score (nSPS) is 21.9. The smallest absolute Gasteiger partial charge is 0.249 e. The van der Waals surface area contributed by atoms with Crippen molar-refractivity contribution in [2.45, 2.75) is 249 Å². The second-order valence-electron chi connectivity index (χ2n) is 16.3. The van der Waals surface area contributed by atoms with Crippen molar-refractivity contribution in [2.75, 3.05) is 13.2 Å². The number of nitrogens with one attached hydrogen (secondary N) is 1. The van der Waals surface area contributed by atoms with Gasteiger partial charge in [-0.25, -0.2) is 0 Å². The van der Waals surface area contributed by atoms with Gasteiger partial charge in [0.15, 0.2) is 6.29 Å². The van der Waals surface area contributed by atoms with E-state index in [2.05, 4.69) is 31.3 Å².